The third-order valence-electron chi connectivity index (χ3n) is 6.57. The summed E-state index contributed by atoms with van der Waals surface area (Å²) in [5, 5.41) is 9.05. The molecule has 0 bridgehead atoms. The second kappa shape index (κ2) is 7.72. The van der Waals surface area contributed by atoms with E-state index < -0.39 is 0 Å². The minimum atomic E-state index is 0.364. The number of nitrogens with zero attached hydrogens (tertiary/aromatic N) is 5. The minimum absolute atomic E-state index is 0.364. The Labute approximate surface area is 151 Å². The number of piperazine rings is 1. The predicted molar refractivity (Wildman–Crippen MR) is 99.4 cm³/mol. The summed E-state index contributed by atoms with van der Waals surface area (Å²) in [7, 11) is 0. The third kappa shape index (κ3) is 3.76. The Morgan fingerprint density at radius 2 is 1.72 bits per heavy atom. The van der Waals surface area contributed by atoms with Crippen LogP contribution in [0.2, 0.25) is 0 Å². The van der Waals surface area contributed by atoms with Crippen LogP contribution in [0, 0.1) is 0 Å². The van der Waals surface area contributed by atoms with E-state index in [9.17, 15) is 0 Å². The van der Waals surface area contributed by atoms with Gasteiger partial charge in [0.15, 0.2) is 0 Å². The van der Waals surface area contributed by atoms with Crippen molar-refractivity contribution < 1.29 is 0 Å². The van der Waals surface area contributed by atoms with Gasteiger partial charge in [-0.15, -0.1) is 10.2 Å². The van der Waals surface area contributed by atoms with E-state index in [1.807, 2.05) is 0 Å². The van der Waals surface area contributed by atoms with Gasteiger partial charge in [0, 0.05) is 50.7 Å². The Balaban J connectivity index is 1.32. The van der Waals surface area contributed by atoms with Gasteiger partial charge >= 0.3 is 0 Å². The van der Waals surface area contributed by atoms with Gasteiger partial charge in [0.05, 0.1) is 6.54 Å². The van der Waals surface area contributed by atoms with Crippen LogP contribution in [0.5, 0.6) is 0 Å². The van der Waals surface area contributed by atoms with Gasteiger partial charge in [-0.05, 0) is 32.6 Å². The summed E-state index contributed by atoms with van der Waals surface area (Å²) in [6.45, 7) is 8.87. The van der Waals surface area contributed by atoms with E-state index in [2.05, 4.69) is 31.5 Å². The lowest BCUT2D eigenvalue weighted by Gasteiger charge is -2.40. The summed E-state index contributed by atoms with van der Waals surface area (Å²) in [5.41, 5.74) is 5.96. The highest BCUT2D eigenvalue weighted by Crippen LogP contribution is 2.35. The molecule has 4 rings (SSSR count). The molecule has 2 N–H and O–H groups in total. The van der Waals surface area contributed by atoms with Gasteiger partial charge in [0.1, 0.15) is 11.6 Å². The molecule has 0 unspecified atom stereocenters. The molecule has 0 atom stereocenters. The number of hydrogen-bond donors (Lipinski definition) is 1. The van der Waals surface area contributed by atoms with Crippen LogP contribution >= 0.6 is 0 Å². The molecule has 1 aromatic rings. The van der Waals surface area contributed by atoms with Crippen LogP contribution in [0.15, 0.2) is 0 Å². The largest absolute Gasteiger partial charge is 0.328 e. The summed E-state index contributed by atoms with van der Waals surface area (Å²) in [6.07, 6.45) is 9.26. The molecule has 1 aliphatic heterocycles. The molecule has 25 heavy (non-hydrogen) atoms. The van der Waals surface area contributed by atoms with Crippen molar-refractivity contribution in [2.45, 2.75) is 83.0 Å². The second-order valence-electron chi connectivity index (χ2n) is 8.25. The highest BCUT2D eigenvalue weighted by Gasteiger charge is 2.32. The maximum atomic E-state index is 5.96. The summed E-state index contributed by atoms with van der Waals surface area (Å²) in [4.78, 5) is 5.30. The van der Waals surface area contributed by atoms with Gasteiger partial charge in [-0.25, -0.2) is 0 Å². The third-order valence-corrected chi connectivity index (χ3v) is 6.57. The Hall–Kier alpha value is -0.980. The molecular formula is C19H34N6. The van der Waals surface area contributed by atoms with Crippen LogP contribution in [0.4, 0.5) is 0 Å². The van der Waals surface area contributed by atoms with E-state index >= 15 is 0 Å². The molecule has 3 aliphatic rings. The fourth-order valence-electron chi connectivity index (χ4n) is 4.92. The molecule has 3 fully saturated rings. The normalized spacial score (nSPS) is 29.7. The molecule has 6 heteroatoms. The van der Waals surface area contributed by atoms with E-state index in [4.69, 9.17) is 5.73 Å². The maximum absolute atomic E-state index is 5.96. The second-order valence-corrected chi connectivity index (χ2v) is 8.25. The van der Waals surface area contributed by atoms with Gasteiger partial charge in [-0.2, -0.15) is 0 Å². The molecule has 2 saturated carbocycles. The van der Waals surface area contributed by atoms with E-state index in [1.54, 1.807) is 0 Å². The fraction of sp³-hybridized carbons (Fsp3) is 0.895. The molecule has 6 nitrogen and oxygen atoms in total. The van der Waals surface area contributed by atoms with Crippen molar-refractivity contribution in [2.24, 2.45) is 5.73 Å². The number of rotatable bonds is 5. The quantitative estimate of drug-likeness (QED) is 0.883. The first-order chi connectivity index (χ1) is 12.2. The molecule has 1 aromatic heterocycles. The summed E-state index contributed by atoms with van der Waals surface area (Å²) in [6, 6.07) is 1.22. The Morgan fingerprint density at radius 1 is 1.00 bits per heavy atom. The number of nitrogens with two attached hydrogens (primary N) is 1. The fourth-order valence-corrected chi connectivity index (χ4v) is 4.92. The first-order valence-corrected chi connectivity index (χ1v) is 10.4. The smallest absolute Gasteiger partial charge is 0.147 e. The van der Waals surface area contributed by atoms with Gasteiger partial charge in [-0.1, -0.05) is 19.3 Å². The monoisotopic (exact) mass is 346 g/mol. The Bertz CT molecular complexity index is 550. The van der Waals surface area contributed by atoms with Crippen molar-refractivity contribution in [2.75, 3.05) is 26.2 Å². The molecule has 0 radical (unpaired) electrons. The molecule has 1 saturated heterocycles. The average molecular weight is 347 g/mol. The summed E-state index contributed by atoms with van der Waals surface area (Å²) in [5.74, 6) is 2.84. The van der Waals surface area contributed by atoms with Crippen LogP contribution < -0.4 is 5.73 Å². The molecule has 0 aromatic carbocycles. The van der Waals surface area contributed by atoms with Gasteiger partial charge in [0.25, 0.3) is 0 Å². The zero-order valence-electron chi connectivity index (χ0n) is 15.7. The zero-order valence-corrected chi connectivity index (χ0v) is 15.7. The van der Waals surface area contributed by atoms with Crippen LogP contribution in [0.1, 0.15) is 69.4 Å². The lowest BCUT2D eigenvalue weighted by molar-refractivity contribution is 0.0736. The van der Waals surface area contributed by atoms with E-state index in [0.29, 0.717) is 12.0 Å². The number of aromatic nitrogens is 3. The molecule has 140 valence electrons. The van der Waals surface area contributed by atoms with Crippen LogP contribution in [-0.4, -0.2) is 62.8 Å². The summed E-state index contributed by atoms with van der Waals surface area (Å²) >= 11 is 0. The summed E-state index contributed by atoms with van der Waals surface area (Å²) < 4.78 is 2.34. The van der Waals surface area contributed by atoms with Gasteiger partial charge in [-0.3, -0.25) is 9.80 Å². The predicted octanol–water partition coefficient (Wildman–Crippen LogP) is 1.95. The van der Waals surface area contributed by atoms with Gasteiger partial charge in [0.2, 0.25) is 0 Å². The topological polar surface area (TPSA) is 63.2 Å². The van der Waals surface area contributed by atoms with Crippen molar-refractivity contribution in [1.82, 2.24) is 24.6 Å². The van der Waals surface area contributed by atoms with Crippen molar-refractivity contribution in [3.8, 4) is 0 Å². The zero-order chi connectivity index (χ0) is 17.2. The molecule has 2 aliphatic carbocycles. The van der Waals surface area contributed by atoms with Crippen molar-refractivity contribution in [3.05, 3.63) is 11.6 Å². The first-order valence-electron chi connectivity index (χ1n) is 10.4. The molecule has 0 amide bonds. The minimum Gasteiger partial charge on any atom is -0.328 e. The van der Waals surface area contributed by atoms with Crippen LogP contribution in [0.3, 0.4) is 0 Å². The molecule has 2 heterocycles. The Morgan fingerprint density at radius 3 is 2.36 bits per heavy atom. The van der Waals surface area contributed by atoms with Crippen LogP contribution in [-0.2, 0) is 13.1 Å². The lowest BCUT2D eigenvalue weighted by atomic mass is 9.80. The maximum Gasteiger partial charge on any atom is 0.147 e. The van der Waals surface area contributed by atoms with E-state index in [1.165, 1.54) is 51.0 Å². The SMILES string of the molecule is CCn1c(CN2CCN(C3CCCCC3)CC2)nnc1C1CC(N)C1. The van der Waals surface area contributed by atoms with Crippen molar-refractivity contribution in [1.29, 1.82) is 0 Å². The standard InChI is InChI=1S/C19H34N6/c1-2-25-18(21-22-19(25)15-12-16(20)13-15)14-23-8-10-24(11-9-23)17-6-4-3-5-7-17/h15-17H,2-14,20H2,1H3. The number of hydrogen-bond acceptors (Lipinski definition) is 5. The molecular weight excluding hydrogens is 312 g/mol. The van der Waals surface area contributed by atoms with E-state index in [-0.39, 0.29) is 0 Å². The highest BCUT2D eigenvalue weighted by atomic mass is 15.3. The van der Waals surface area contributed by atoms with Crippen molar-refractivity contribution >= 4 is 0 Å². The van der Waals surface area contributed by atoms with Crippen molar-refractivity contribution in [3.63, 3.8) is 0 Å². The average Bonchev–Trinajstić information content (AvgIpc) is 3.02. The molecule has 0 spiro atoms. The Kier molecular flexibility index (Phi) is 5.39. The first kappa shape index (κ1) is 17.4. The van der Waals surface area contributed by atoms with Gasteiger partial charge < -0.3 is 10.3 Å². The van der Waals surface area contributed by atoms with E-state index in [0.717, 1.165) is 50.9 Å². The highest BCUT2D eigenvalue weighted by molar-refractivity contribution is 5.08. The lowest BCUT2D eigenvalue weighted by Crippen LogP contribution is -2.50. The van der Waals surface area contributed by atoms with Crippen LogP contribution in [0.25, 0.3) is 0 Å².